The number of quaternary nitrogens is 2. The Hall–Kier alpha value is -0.180. The molecule has 212 valence electrons. The van der Waals surface area contributed by atoms with Crippen molar-refractivity contribution >= 4 is 11.9 Å². The molecule has 0 aliphatic heterocycles. The summed E-state index contributed by atoms with van der Waals surface area (Å²) in [5.74, 6) is -0.432. The second-order valence-electron chi connectivity index (χ2n) is 10.9. The molecule has 0 unspecified atom stereocenters. The summed E-state index contributed by atoms with van der Waals surface area (Å²) in [7, 11) is 8.76. The number of hydrogen-bond donors (Lipinski definition) is 0. The Kier molecular flexibility index (Phi) is 27.2. The maximum atomic E-state index is 12.0. The van der Waals surface area contributed by atoms with E-state index < -0.39 is 0 Å². The topological polar surface area (TPSA) is 52.6 Å². The van der Waals surface area contributed by atoms with E-state index in [9.17, 15) is 9.59 Å². The molecule has 35 heavy (non-hydrogen) atoms. The second kappa shape index (κ2) is 24.2. The molecule has 6 nitrogen and oxygen atoms in total. The lowest BCUT2D eigenvalue weighted by molar-refractivity contribution is -0.890. The molecule has 0 fully saturated rings. The van der Waals surface area contributed by atoms with Gasteiger partial charge in [0.15, 0.2) is 0 Å². The van der Waals surface area contributed by atoms with Crippen molar-refractivity contribution in [2.45, 2.75) is 97.3 Å². The molecule has 0 aromatic heterocycles. The Morgan fingerprint density at radius 2 is 0.857 bits per heavy atom. The normalized spacial score (nSPS) is 11.4. The van der Waals surface area contributed by atoms with Gasteiger partial charge in [0.25, 0.3) is 0 Å². The summed E-state index contributed by atoms with van der Waals surface area (Å²) >= 11 is 0. The standard InChI is InChI=1S/C27H56N2O4.2BrH/c1-7-9-11-13-15-20-28(3,4)22-24-32-26(30)18-17-19-27(31)33-25-23-29(5,6)21-16-14-12-10-8-2;;/h7-25H2,1-6H3;2*1H/q+2;;/p-2. The lowest BCUT2D eigenvalue weighted by atomic mass is 10.1. The van der Waals surface area contributed by atoms with E-state index in [2.05, 4.69) is 42.0 Å². The minimum absolute atomic E-state index is 0. The highest BCUT2D eigenvalue weighted by Gasteiger charge is 2.17. The molecule has 0 saturated heterocycles. The molecule has 0 rings (SSSR count). The molecule has 0 aliphatic rings. The van der Waals surface area contributed by atoms with E-state index >= 15 is 0 Å². The third-order valence-electron chi connectivity index (χ3n) is 6.42. The van der Waals surface area contributed by atoms with Gasteiger partial charge in [-0.15, -0.1) is 0 Å². The molecule has 0 radical (unpaired) electrons. The van der Waals surface area contributed by atoms with Gasteiger partial charge in [0.2, 0.25) is 0 Å². The van der Waals surface area contributed by atoms with Gasteiger partial charge in [-0.1, -0.05) is 52.4 Å². The summed E-state index contributed by atoms with van der Waals surface area (Å²) in [6, 6.07) is 0. The number of halogens is 2. The lowest BCUT2D eigenvalue weighted by Gasteiger charge is -2.29. The van der Waals surface area contributed by atoms with Crippen LogP contribution in [-0.2, 0) is 19.1 Å². The molecule has 0 atom stereocenters. The molecule has 0 bridgehead atoms. The van der Waals surface area contributed by atoms with Crippen LogP contribution in [0.5, 0.6) is 0 Å². The summed E-state index contributed by atoms with van der Waals surface area (Å²) in [5, 5.41) is 0. The van der Waals surface area contributed by atoms with Crippen LogP contribution in [0.15, 0.2) is 0 Å². The summed E-state index contributed by atoms with van der Waals surface area (Å²) < 4.78 is 12.5. The molecule has 8 heteroatoms. The van der Waals surface area contributed by atoms with Gasteiger partial charge in [0.1, 0.15) is 26.3 Å². The highest BCUT2D eigenvalue weighted by atomic mass is 79.9. The second-order valence-corrected chi connectivity index (χ2v) is 10.9. The summed E-state index contributed by atoms with van der Waals surface area (Å²) in [5.41, 5.74) is 0. The van der Waals surface area contributed by atoms with Crippen molar-refractivity contribution in [2.24, 2.45) is 0 Å². The Morgan fingerprint density at radius 1 is 0.514 bits per heavy atom. The van der Waals surface area contributed by atoms with Crippen LogP contribution in [0, 0.1) is 0 Å². The number of unbranched alkanes of at least 4 members (excludes halogenated alkanes) is 8. The fourth-order valence-corrected chi connectivity index (χ4v) is 3.84. The van der Waals surface area contributed by atoms with Gasteiger partial charge in [-0.2, -0.15) is 0 Å². The van der Waals surface area contributed by atoms with Crippen molar-refractivity contribution in [3.05, 3.63) is 0 Å². The van der Waals surface area contributed by atoms with Crippen LogP contribution in [0.3, 0.4) is 0 Å². The highest BCUT2D eigenvalue weighted by molar-refractivity contribution is 5.72. The van der Waals surface area contributed by atoms with Crippen molar-refractivity contribution in [3.63, 3.8) is 0 Å². The molecule has 0 amide bonds. The molecule has 0 aromatic rings. The average molecular weight is 633 g/mol. The number of carbonyl (C=O) groups is 2. The van der Waals surface area contributed by atoms with E-state index in [-0.39, 0.29) is 58.7 Å². The van der Waals surface area contributed by atoms with Crippen LogP contribution in [0.2, 0.25) is 0 Å². The largest absolute Gasteiger partial charge is 1.00 e. The van der Waals surface area contributed by atoms with Crippen LogP contribution >= 0.6 is 0 Å². The molecule has 0 saturated carbocycles. The minimum atomic E-state index is -0.216. The molecule has 0 aromatic carbocycles. The number of rotatable bonds is 22. The molecule has 0 heterocycles. The van der Waals surface area contributed by atoms with Crippen molar-refractivity contribution in [1.29, 1.82) is 0 Å². The predicted octanol–water partition coefficient (Wildman–Crippen LogP) is -0.655. The van der Waals surface area contributed by atoms with Crippen LogP contribution in [0.25, 0.3) is 0 Å². The Morgan fingerprint density at radius 3 is 1.20 bits per heavy atom. The first-order chi connectivity index (χ1) is 15.6. The predicted molar refractivity (Wildman–Crippen MR) is 137 cm³/mol. The molecule has 0 aliphatic carbocycles. The van der Waals surface area contributed by atoms with Gasteiger partial charge in [-0.05, 0) is 32.1 Å². The molecule has 0 N–H and O–H groups in total. The first-order valence-corrected chi connectivity index (χ1v) is 13.6. The summed E-state index contributed by atoms with van der Waals surface area (Å²) in [4.78, 5) is 23.9. The van der Waals surface area contributed by atoms with Crippen LogP contribution in [0.1, 0.15) is 97.3 Å². The van der Waals surface area contributed by atoms with Crippen molar-refractivity contribution < 1.29 is 62.0 Å². The van der Waals surface area contributed by atoms with E-state index in [1.54, 1.807) is 0 Å². The van der Waals surface area contributed by atoms with Crippen molar-refractivity contribution in [3.8, 4) is 0 Å². The van der Waals surface area contributed by atoms with E-state index in [1.165, 1.54) is 64.2 Å². The quantitative estimate of drug-likeness (QED) is 0.0905. The zero-order chi connectivity index (χ0) is 25.0. The lowest BCUT2D eigenvalue weighted by Crippen LogP contribution is -3.00. The number of hydrogen-bond acceptors (Lipinski definition) is 4. The monoisotopic (exact) mass is 630 g/mol. The van der Waals surface area contributed by atoms with Gasteiger partial charge in [0.05, 0.1) is 41.3 Å². The van der Waals surface area contributed by atoms with Crippen LogP contribution < -0.4 is 34.0 Å². The van der Waals surface area contributed by atoms with Crippen LogP contribution in [-0.4, -0.2) is 88.5 Å². The van der Waals surface area contributed by atoms with Gasteiger partial charge in [-0.25, -0.2) is 0 Å². The van der Waals surface area contributed by atoms with E-state index in [0.717, 1.165) is 35.1 Å². The number of likely N-dealkylation sites (N-methyl/N-ethyl adjacent to an activating group) is 2. The van der Waals surface area contributed by atoms with Gasteiger partial charge in [-0.3, -0.25) is 9.59 Å². The summed E-state index contributed by atoms with van der Waals surface area (Å²) in [6.45, 7) is 9.23. The van der Waals surface area contributed by atoms with Crippen LogP contribution in [0.4, 0.5) is 0 Å². The number of esters is 2. The number of nitrogens with zero attached hydrogens (tertiary/aromatic N) is 2. The van der Waals surface area contributed by atoms with E-state index in [4.69, 9.17) is 9.47 Å². The minimum Gasteiger partial charge on any atom is -1.00 e. The first-order valence-electron chi connectivity index (χ1n) is 13.6. The smallest absolute Gasteiger partial charge is 0.306 e. The first kappa shape index (κ1) is 39.3. The fraction of sp³-hybridized carbons (Fsp3) is 0.926. The van der Waals surface area contributed by atoms with Crippen molar-refractivity contribution in [2.75, 3.05) is 67.6 Å². The van der Waals surface area contributed by atoms with Gasteiger partial charge >= 0.3 is 11.9 Å². The molecular weight excluding hydrogens is 576 g/mol. The third kappa shape index (κ3) is 26.7. The zero-order valence-electron chi connectivity index (χ0n) is 23.7. The molecule has 0 spiro atoms. The zero-order valence-corrected chi connectivity index (χ0v) is 26.9. The van der Waals surface area contributed by atoms with E-state index in [1.807, 2.05) is 0 Å². The Labute approximate surface area is 238 Å². The van der Waals surface area contributed by atoms with E-state index in [0.29, 0.717) is 19.6 Å². The van der Waals surface area contributed by atoms with Gasteiger partial charge < -0.3 is 52.4 Å². The van der Waals surface area contributed by atoms with Gasteiger partial charge in [0, 0.05) is 12.8 Å². The van der Waals surface area contributed by atoms with Crippen molar-refractivity contribution in [1.82, 2.24) is 0 Å². The third-order valence-corrected chi connectivity index (χ3v) is 6.42. The summed E-state index contributed by atoms with van der Waals surface area (Å²) in [6.07, 6.45) is 13.8. The number of ether oxygens (including phenoxy) is 2. The number of carbonyl (C=O) groups excluding carboxylic acids is 2. The maximum Gasteiger partial charge on any atom is 0.306 e. The Bertz CT molecular complexity index is 473. The average Bonchev–Trinajstić information content (AvgIpc) is 2.73. The SMILES string of the molecule is CCCCCCC[N+](C)(C)CCOC(=O)CCCC(=O)OCC[N+](C)(C)CCCCCCC.[Br-].[Br-]. The highest BCUT2D eigenvalue weighted by Crippen LogP contribution is 2.09. The maximum absolute atomic E-state index is 12.0. The Balaban J connectivity index is -0.00000512. The fourth-order valence-electron chi connectivity index (χ4n) is 3.84. The molecular formula is C27H56Br2N2O4.